The van der Waals surface area contributed by atoms with E-state index in [1.807, 2.05) is 19.1 Å². The number of benzene rings is 1. The van der Waals surface area contributed by atoms with Crippen molar-refractivity contribution in [3.63, 3.8) is 0 Å². The number of piperidine rings is 1. The topological polar surface area (TPSA) is 72.3 Å². The predicted octanol–water partition coefficient (Wildman–Crippen LogP) is 1.28. The predicted molar refractivity (Wildman–Crippen MR) is 69.7 cm³/mol. The van der Waals surface area contributed by atoms with Crippen molar-refractivity contribution in [1.29, 1.82) is 0 Å². The van der Waals surface area contributed by atoms with Gasteiger partial charge in [0.2, 0.25) is 5.91 Å². The van der Waals surface area contributed by atoms with Gasteiger partial charge in [-0.3, -0.25) is 4.79 Å². The SMILES string of the molecule is Cc1c(N)cccc1N1CCC(C(N)=O)CC1. The maximum Gasteiger partial charge on any atom is 0.220 e. The van der Waals surface area contributed by atoms with Crippen molar-refractivity contribution >= 4 is 17.3 Å². The van der Waals surface area contributed by atoms with Gasteiger partial charge in [-0.25, -0.2) is 0 Å². The Kier molecular flexibility index (Phi) is 3.22. The summed E-state index contributed by atoms with van der Waals surface area (Å²) < 4.78 is 0. The smallest absolute Gasteiger partial charge is 0.220 e. The summed E-state index contributed by atoms with van der Waals surface area (Å²) in [5.41, 5.74) is 14.3. The van der Waals surface area contributed by atoms with Crippen LogP contribution < -0.4 is 16.4 Å². The number of hydrogen-bond donors (Lipinski definition) is 2. The van der Waals surface area contributed by atoms with Crippen molar-refractivity contribution in [3.05, 3.63) is 23.8 Å². The van der Waals surface area contributed by atoms with E-state index in [0.29, 0.717) is 0 Å². The monoisotopic (exact) mass is 233 g/mol. The zero-order valence-corrected chi connectivity index (χ0v) is 10.1. The number of anilines is 2. The number of amides is 1. The van der Waals surface area contributed by atoms with Crippen molar-refractivity contribution in [2.75, 3.05) is 23.7 Å². The Morgan fingerprint density at radius 3 is 2.59 bits per heavy atom. The highest BCUT2D eigenvalue weighted by Gasteiger charge is 2.23. The fourth-order valence-electron chi connectivity index (χ4n) is 2.39. The van der Waals surface area contributed by atoms with Crippen LogP contribution >= 0.6 is 0 Å². The summed E-state index contributed by atoms with van der Waals surface area (Å²) in [4.78, 5) is 13.4. The summed E-state index contributed by atoms with van der Waals surface area (Å²) in [5.74, 6) is -0.137. The van der Waals surface area contributed by atoms with Crippen LogP contribution in [0.4, 0.5) is 11.4 Å². The van der Waals surface area contributed by atoms with E-state index in [1.165, 1.54) is 5.69 Å². The van der Waals surface area contributed by atoms with E-state index >= 15 is 0 Å². The van der Waals surface area contributed by atoms with Crippen LogP contribution in [0.2, 0.25) is 0 Å². The van der Waals surface area contributed by atoms with Crippen molar-refractivity contribution in [2.24, 2.45) is 11.7 Å². The molecule has 1 fully saturated rings. The fraction of sp³-hybridized carbons (Fsp3) is 0.462. The summed E-state index contributed by atoms with van der Waals surface area (Å²) in [6.45, 7) is 3.78. The van der Waals surface area contributed by atoms with Crippen LogP contribution in [0.15, 0.2) is 18.2 Å². The summed E-state index contributed by atoms with van der Waals surface area (Å²) in [7, 11) is 0. The Morgan fingerprint density at radius 1 is 1.35 bits per heavy atom. The van der Waals surface area contributed by atoms with Gasteiger partial charge in [0.25, 0.3) is 0 Å². The fourth-order valence-corrected chi connectivity index (χ4v) is 2.39. The standard InChI is InChI=1S/C13H19N3O/c1-9-11(14)3-2-4-12(9)16-7-5-10(6-8-16)13(15)17/h2-4,10H,5-8,14H2,1H3,(H2,15,17). The van der Waals surface area contributed by atoms with Gasteiger partial charge in [0, 0.05) is 30.4 Å². The van der Waals surface area contributed by atoms with E-state index in [2.05, 4.69) is 11.0 Å². The third-order valence-electron chi connectivity index (χ3n) is 3.59. The average Bonchev–Trinajstić information content (AvgIpc) is 2.33. The Balaban J connectivity index is 2.10. The van der Waals surface area contributed by atoms with Crippen LogP contribution in [0.3, 0.4) is 0 Å². The molecule has 92 valence electrons. The molecular formula is C13H19N3O. The molecule has 4 nitrogen and oxygen atoms in total. The first-order valence-electron chi connectivity index (χ1n) is 5.99. The van der Waals surface area contributed by atoms with Gasteiger partial charge in [-0.1, -0.05) is 6.07 Å². The molecule has 0 aromatic heterocycles. The highest BCUT2D eigenvalue weighted by Crippen LogP contribution is 2.28. The molecule has 1 aromatic rings. The summed E-state index contributed by atoms with van der Waals surface area (Å²) in [6.07, 6.45) is 1.67. The molecule has 0 atom stereocenters. The van der Waals surface area contributed by atoms with Crippen LogP contribution in [-0.4, -0.2) is 19.0 Å². The molecular weight excluding hydrogens is 214 g/mol. The van der Waals surface area contributed by atoms with Gasteiger partial charge in [-0.05, 0) is 37.5 Å². The third kappa shape index (κ3) is 2.35. The van der Waals surface area contributed by atoms with Gasteiger partial charge in [0.05, 0.1) is 0 Å². The first-order chi connectivity index (χ1) is 8.09. The molecule has 0 radical (unpaired) electrons. The summed E-state index contributed by atoms with van der Waals surface area (Å²) >= 11 is 0. The van der Waals surface area contributed by atoms with E-state index in [4.69, 9.17) is 11.5 Å². The van der Waals surface area contributed by atoms with Gasteiger partial charge < -0.3 is 16.4 Å². The van der Waals surface area contributed by atoms with E-state index in [0.717, 1.165) is 37.2 Å². The molecule has 4 heteroatoms. The van der Waals surface area contributed by atoms with Gasteiger partial charge in [-0.15, -0.1) is 0 Å². The zero-order chi connectivity index (χ0) is 12.4. The second-order valence-corrected chi connectivity index (χ2v) is 4.66. The second kappa shape index (κ2) is 4.65. The first-order valence-corrected chi connectivity index (χ1v) is 5.99. The second-order valence-electron chi connectivity index (χ2n) is 4.66. The molecule has 17 heavy (non-hydrogen) atoms. The Bertz CT molecular complexity index is 423. The average molecular weight is 233 g/mol. The lowest BCUT2D eigenvalue weighted by molar-refractivity contribution is -0.122. The first kappa shape index (κ1) is 11.8. The number of hydrogen-bond acceptors (Lipinski definition) is 3. The van der Waals surface area contributed by atoms with Crippen LogP contribution in [0.25, 0.3) is 0 Å². The number of rotatable bonds is 2. The molecule has 0 spiro atoms. The van der Waals surface area contributed by atoms with Crippen molar-refractivity contribution in [3.8, 4) is 0 Å². The van der Waals surface area contributed by atoms with Crippen molar-refractivity contribution in [1.82, 2.24) is 0 Å². The molecule has 1 amide bonds. The lowest BCUT2D eigenvalue weighted by Crippen LogP contribution is -2.38. The molecule has 0 bridgehead atoms. The number of carbonyl (C=O) groups is 1. The largest absolute Gasteiger partial charge is 0.398 e. The summed E-state index contributed by atoms with van der Waals surface area (Å²) in [5, 5.41) is 0. The van der Waals surface area contributed by atoms with Crippen LogP contribution in [-0.2, 0) is 4.79 Å². The minimum atomic E-state index is -0.172. The summed E-state index contributed by atoms with van der Waals surface area (Å²) in [6, 6.07) is 5.96. The Labute approximate surface area is 102 Å². The number of nitrogens with zero attached hydrogens (tertiary/aromatic N) is 1. The Hall–Kier alpha value is -1.71. The number of primary amides is 1. The normalized spacial score (nSPS) is 17.1. The lowest BCUT2D eigenvalue weighted by Gasteiger charge is -2.33. The van der Waals surface area contributed by atoms with Gasteiger partial charge in [-0.2, -0.15) is 0 Å². The number of carbonyl (C=O) groups excluding carboxylic acids is 1. The molecule has 0 saturated carbocycles. The van der Waals surface area contributed by atoms with Crippen molar-refractivity contribution < 1.29 is 4.79 Å². The minimum Gasteiger partial charge on any atom is -0.398 e. The molecule has 1 heterocycles. The number of nitrogen functional groups attached to an aromatic ring is 1. The van der Waals surface area contributed by atoms with Crippen LogP contribution in [0, 0.1) is 12.8 Å². The van der Waals surface area contributed by atoms with E-state index in [1.54, 1.807) is 0 Å². The van der Waals surface area contributed by atoms with Gasteiger partial charge in [0.1, 0.15) is 0 Å². The van der Waals surface area contributed by atoms with Gasteiger partial charge in [0.15, 0.2) is 0 Å². The molecule has 1 aliphatic heterocycles. The zero-order valence-electron chi connectivity index (χ0n) is 10.1. The third-order valence-corrected chi connectivity index (χ3v) is 3.59. The van der Waals surface area contributed by atoms with E-state index in [-0.39, 0.29) is 11.8 Å². The molecule has 1 aromatic carbocycles. The quantitative estimate of drug-likeness (QED) is 0.756. The number of nitrogens with two attached hydrogens (primary N) is 2. The van der Waals surface area contributed by atoms with E-state index in [9.17, 15) is 4.79 Å². The maximum atomic E-state index is 11.1. The molecule has 1 aliphatic rings. The molecule has 4 N–H and O–H groups in total. The molecule has 0 aliphatic carbocycles. The highest BCUT2D eigenvalue weighted by molar-refractivity contribution is 5.77. The van der Waals surface area contributed by atoms with Crippen LogP contribution in [0.5, 0.6) is 0 Å². The van der Waals surface area contributed by atoms with Crippen LogP contribution in [0.1, 0.15) is 18.4 Å². The van der Waals surface area contributed by atoms with Gasteiger partial charge >= 0.3 is 0 Å². The highest BCUT2D eigenvalue weighted by atomic mass is 16.1. The Morgan fingerprint density at radius 2 is 2.00 bits per heavy atom. The van der Waals surface area contributed by atoms with Crippen molar-refractivity contribution in [2.45, 2.75) is 19.8 Å². The molecule has 1 saturated heterocycles. The minimum absolute atomic E-state index is 0.0348. The lowest BCUT2D eigenvalue weighted by atomic mass is 9.95. The molecule has 0 unspecified atom stereocenters. The van der Waals surface area contributed by atoms with E-state index < -0.39 is 0 Å². The maximum absolute atomic E-state index is 11.1. The molecule has 2 rings (SSSR count).